The van der Waals surface area contributed by atoms with Gasteiger partial charge in [0.2, 0.25) is 0 Å². The van der Waals surface area contributed by atoms with Crippen LogP contribution in [0.1, 0.15) is 43.5 Å². The molecule has 0 radical (unpaired) electrons. The highest BCUT2D eigenvalue weighted by Crippen LogP contribution is 2.28. The molecule has 1 heterocycles. The Balaban J connectivity index is 1.85. The summed E-state index contributed by atoms with van der Waals surface area (Å²) in [6, 6.07) is 5.15. The summed E-state index contributed by atoms with van der Waals surface area (Å²) in [5, 5.41) is 2.11. The van der Waals surface area contributed by atoms with Crippen molar-refractivity contribution in [2.24, 2.45) is 11.7 Å². The molecule has 3 unspecified atom stereocenters. The maximum atomic E-state index is 6.25. The van der Waals surface area contributed by atoms with Crippen LogP contribution < -0.4 is 5.73 Å². The summed E-state index contributed by atoms with van der Waals surface area (Å²) in [7, 11) is 2.23. The van der Waals surface area contributed by atoms with Gasteiger partial charge in [-0.05, 0) is 37.3 Å². The summed E-state index contributed by atoms with van der Waals surface area (Å²) in [4.78, 5) is 3.78. The van der Waals surface area contributed by atoms with Gasteiger partial charge in [-0.3, -0.25) is 0 Å². The summed E-state index contributed by atoms with van der Waals surface area (Å²) in [6.07, 6.45) is 5.47. The first kappa shape index (κ1) is 13.1. The monoisotopic (exact) mass is 252 g/mol. The molecule has 96 valence electrons. The van der Waals surface area contributed by atoms with Gasteiger partial charge in [-0.15, -0.1) is 11.3 Å². The summed E-state index contributed by atoms with van der Waals surface area (Å²) >= 11 is 1.77. The quantitative estimate of drug-likeness (QED) is 0.891. The summed E-state index contributed by atoms with van der Waals surface area (Å²) < 4.78 is 0. The Morgan fingerprint density at radius 3 is 3.00 bits per heavy atom. The topological polar surface area (TPSA) is 29.3 Å². The van der Waals surface area contributed by atoms with Crippen LogP contribution in [-0.2, 0) is 0 Å². The third kappa shape index (κ3) is 3.54. The lowest BCUT2D eigenvalue weighted by atomic mass is 9.86. The Labute approximate surface area is 109 Å². The van der Waals surface area contributed by atoms with Crippen molar-refractivity contribution in [3.8, 4) is 0 Å². The molecule has 3 heteroatoms. The van der Waals surface area contributed by atoms with Gasteiger partial charge < -0.3 is 10.6 Å². The standard InChI is InChI=1S/C14H24N2S/c1-11-5-3-6-12(9-11)16(2)10-13(15)14-7-4-8-17-14/h4,7-8,11-13H,3,5-6,9-10,15H2,1-2H3. The number of hydrogen-bond donors (Lipinski definition) is 1. The molecule has 0 bridgehead atoms. The summed E-state index contributed by atoms with van der Waals surface area (Å²) in [5.74, 6) is 0.883. The highest BCUT2D eigenvalue weighted by Gasteiger charge is 2.23. The van der Waals surface area contributed by atoms with Gasteiger partial charge in [0.05, 0.1) is 6.04 Å². The van der Waals surface area contributed by atoms with E-state index < -0.39 is 0 Å². The Bertz CT molecular complexity index is 323. The summed E-state index contributed by atoms with van der Waals surface area (Å²) in [5.41, 5.74) is 6.25. The summed E-state index contributed by atoms with van der Waals surface area (Å²) in [6.45, 7) is 3.36. The second-order valence-electron chi connectivity index (χ2n) is 5.49. The van der Waals surface area contributed by atoms with E-state index >= 15 is 0 Å². The SMILES string of the molecule is CC1CCCC(N(C)CC(N)c2cccs2)C1. The van der Waals surface area contributed by atoms with Crippen LogP contribution in [0.15, 0.2) is 17.5 Å². The first-order chi connectivity index (χ1) is 8.16. The van der Waals surface area contributed by atoms with Crippen molar-refractivity contribution < 1.29 is 0 Å². The Kier molecular flexibility index (Phi) is 4.60. The molecule has 2 nitrogen and oxygen atoms in total. The maximum absolute atomic E-state index is 6.25. The Morgan fingerprint density at radius 2 is 2.35 bits per heavy atom. The second kappa shape index (κ2) is 5.98. The molecule has 1 saturated carbocycles. The van der Waals surface area contributed by atoms with Crippen molar-refractivity contribution in [2.75, 3.05) is 13.6 Å². The number of thiophene rings is 1. The van der Waals surface area contributed by atoms with Gasteiger partial charge in [-0.2, -0.15) is 0 Å². The molecule has 1 fully saturated rings. The van der Waals surface area contributed by atoms with E-state index in [0.717, 1.165) is 18.5 Å². The molecule has 0 amide bonds. The van der Waals surface area contributed by atoms with Gasteiger partial charge in [-0.25, -0.2) is 0 Å². The van der Waals surface area contributed by atoms with Gasteiger partial charge in [0.1, 0.15) is 0 Å². The highest BCUT2D eigenvalue weighted by molar-refractivity contribution is 7.10. The number of hydrogen-bond acceptors (Lipinski definition) is 3. The zero-order valence-electron chi connectivity index (χ0n) is 10.9. The van der Waals surface area contributed by atoms with Gasteiger partial charge >= 0.3 is 0 Å². The van der Waals surface area contributed by atoms with Crippen LogP contribution in [0.4, 0.5) is 0 Å². The van der Waals surface area contributed by atoms with Gasteiger partial charge in [0.25, 0.3) is 0 Å². The predicted molar refractivity (Wildman–Crippen MR) is 75.3 cm³/mol. The highest BCUT2D eigenvalue weighted by atomic mass is 32.1. The molecule has 1 aromatic heterocycles. The van der Waals surface area contributed by atoms with Gasteiger partial charge in [-0.1, -0.05) is 25.8 Å². The van der Waals surface area contributed by atoms with Crippen LogP contribution in [0.2, 0.25) is 0 Å². The van der Waals surface area contributed by atoms with E-state index in [9.17, 15) is 0 Å². The fourth-order valence-corrected chi connectivity index (χ4v) is 3.57. The minimum Gasteiger partial charge on any atom is -0.322 e. The molecule has 2 rings (SSSR count). The van der Waals surface area contributed by atoms with E-state index in [1.807, 2.05) is 0 Å². The van der Waals surface area contributed by atoms with Crippen LogP contribution in [0.3, 0.4) is 0 Å². The largest absolute Gasteiger partial charge is 0.322 e. The second-order valence-corrected chi connectivity index (χ2v) is 6.47. The van der Waals surface area contributed by atoms with Crippen LogP contribution in [0.25, 0.3) is 0 Å². The molecule has 0 saturated heterocycles. The smallest absolute Gasteiger partial charge is 0.0519 e. The number of likely N-dealkylation sites (N-methyl/N-ethyl adjacent to an activating group) is 1. The van der Waals surface area contributed by atoms with E-state index in [-0.39, 0.29) is 6.04 Å². The molecule has 3 atom stereocenters. The normalized spacial score (nSPS) is 27.3. The van der Waals surface area contributed by atoms with Crippen molar-refractivity contribution in [3.63, 3.8) is 0 Å². The molecule has 0 spiro atoms. The molecule has 2 N–H and O–H groups in total. The third-order valence-corrected chi connectivity index (χ3v) is 4.93. The van der Waals surface area contributed by atoms with Crippen molar-refractivity contribution in [3.05, 3.63) is 22.4 Å². The molecule has 1 aliphatic carbocycles. The average molecular weight is 252 g/mol. The lowest BCUT2D eigenvalue weighted by Crippen LogP contribution is -2.39. The molecule has 17 heavy (non-hydrogen) atoms. The number of nitrogens with two attached hydrogens (primary N) is 1. The van der Waals surface area contributed by atoms with Crippen LogP contribution >= 0.6 is 11.3 Å². The van der Waals surface area contributed by atoms with Crippen molar-refractivity contribution in [2.45, 2.75) is 44.7 Å². The first-order valence-corrected chi connectivity index (χ1v) is 7.54. The van der Waals surface area contributed by atoms with Crippen LogP contribution in [0.5, 0.6) is 0 Å². The van der Waals surface area contributed by atoms with E-state index in [1.165, 1.54) is 30.6 Å². The average Bonchev–Trinajstić information content (AvgIpc) is 2.82. The maximum Gasteiger partial charge on any atom is 0.0519 e. The fraction of sp³-hybridized carbons (Fsp3) is 0.714. The first-order valence-electron chi connectivity index (χ1n) is 6.66. The molecular weight excluding hydrogens is 228 g/mol. The predicted octanol–water partition coefficient (Wildman–Crippen LogP) is 3.26. The fourth-order valence-electron chi connectivity index (χ4n) is 2.85. The molecular formula is C14H24N2S. The van der Waals surface area contributed by atoms with Gasteiger partial charge in [0.15, 0.2) is 0 Å². The zero-order valence-corrected chi connectivity index (χ0v) is 11.7. The third-order valence-electron chi connectivity index (χ3n) is 3.93. The van der Waals surface area contributed by atoms with E-state index in [4.69, 9.17) is 5.73 Å². The van der Waals surface area contributed by atoms with Crippen molar-refractivity contribution in [1.82, 2.24) is 4.90 Å². The minimum atomic E-state index is 0.178. The Hall–Kier alpha value is -0.380. The van der Waals surface area contributed by atoms with Crippen LogP contribution in [-0.4, -0.2) is 24.5 Å². The molecule has 0 aromatic carbocycles. The minimum absolute atomic E-state index is 0.178. The van der Waals surface area contributed by atoms with E-state index in [2.05, 4.69) is 36.4 Å². The molecule has 1 aliphatic rings. The molecule has 1 aromatic rings. The van der Waals surface area contributed by atoms with Gasteiger partial charge in [0, 0.05) is 17.5 Å². The number of rotatable bonds is 4. The van der Waals surface area contributed by atoms with Crippen LogP contribution in [0, 0.1) is 5.92 Å². The van der Waals surface area contributed by atoms with E-state index in [0.29, 0.717) is 0 Å². The zero-order chi connectivity index (χ0) is 12.3. The van der Waals surface area contributed by atoms with E-state index in [1.54, 1.807) is 11.3 Å². The lowest BCUT2D eigenvalue weighted by molar-refractivity contribution is 0.157. The van der Waals surface area contributed by atoms with Crippen molar-refractivity contribution >= 4 is 11.3 Å². The lowest BCUT2D eigenvalue weighted by Gasteiger charge is -2.35. The molecule has 0 aliphatic heterocycles. The Morgan fingerprint density at radius 1 is 1.53 bits per heavy atom. The number of nitrogens with zero attached hydrogens (tertiary/aromatic N) is 1. The van der Waals surface area contributed by atoms with Crippen molar-refractivity contribution in [1.29, 1.82) is 0 Å².